The van der Waals surface area contributed by atoms with E-state index >= 15 is 0 Å². The Morgan fingerprint density at radius 2 is 2.24 bits per heavy atom. The van der Waals surface area contributed by atoms with Crippen LogP contribution in [0.5, 0.6) is 0 Å². The van der Waals surface area contributed by atoms with Gasteiger partial charge in [-0.15, -0.1) is 0 Å². The predicted molar refractivity (Wildman–Crippen MR) is 91.4 cm³/mol. The number of amides is 2. The highest BCUT2D eigenvalue weighted by Gasteiger charge is 2.36. The van der Waals surface area contributed by atoms with Crippen molar-refractivity contribution in [1.29, 1.82) is 0 Å². The zero-order valence-electron chi connectivity index (χ0n) is 14.6. The number of aliphatic hydroxyl groups excluding tert-OH is 1. The number of aryl methyl sites for hydroxylation is 2. The molecule has 3 atom stereocenters. The molecule has 2 heterocycles. The van der Waals surface area contributed by atoms with Gasteiger partial charge in [0.25, 0.3) is 0 Å². The molecule has 1 aliphatic rings. The van der Waals surface area contributed by atoms with Crippen molar-refractivity contribution in [3.63, 3.8) is 0 Å². The molecule has 3 rings (SSSR count). The Labute approximate surface area is 146 Å². The number of aromatic nitrogens is 2. The molecule has 2 N–H and O–H groups in total. The van der Waals surface area contributed by atoms with E-state index < -0.39 is 6.10 Å². The van der Waals surface area contributed by atoms with Crippen LogP contribution in [0, 0.1) is 12.7 Å². The smallest absolute Gasteiger partial charge is 0.318 e. The molecule has 6 nitrogen and oxygen atoms in total. The molecule has 2 aromatic rings. The van der Waals surface area contributed by atoms with Gasteiger partial charge in [0.1, 0.15) is 5.82 Å². The first kappa shape index (κ1) is 17.4. The summed E-state index contributed by atoms with van der Waals surface area (Å²) in [6.07, 6.45) is 1.66. The molecule has 2 amide bonds. The minimum absolute atomic E-state index is 0.216. The van der Waals surface area contributed by atoms with Gasteiger partial charge in [0.05, 0.1) is 23.9 Å². The van der Waals surface area contributed by atoms with E-state index in [0.717, 1.165) is 11.3 Å². The molecule has 1 aromatic heterocycles. The van der Waals surface area contributed by atoms with E-state index in [1.165, 1.54) is 12.1 Å². The van der Waals surface area contributed by atoms with Gasteiger partial charge in [-0.05, 0) is 38.0 Å². The Bertz CT molecular complexity index is 776. The number of halogens is 1. The van der Waals surface area contributed by atoms with Gasteiger partial charge in [-0.25, -0.2) is 9.18 Å². The van der Waals surface area contributed by atoms with Crippen molar-refractivity contribution >= 4 is 6.03 Å². The van der Waals surface area contributed by atoms with Crippen molar-refractivity contribution in [2.45, 2.75) is 38.5 Å². The summed E-state index contributed by atoms with van der Waals surface area (Å²) in [5, 5.41) is 17.3. The van der Waals surface area contributed by atoms with Gasteiger partial charge >= 0.3 is 6.03 Å². The summed E-state index contributed by atoms with van der Waals surface area (Å²) in [6, 6.07) is 5.35. The number of carbonyl (C=O) groups is 1. The molecule has 25 heavy (non-hydrogen) atoms. The summed E-state index contributed by atoms with van der Waals surface area (Å²) in [4.78, 5) is 14.3. The Morgan fingerprint density at radius 3 is 2.88 bits per heavy atom. The quantitative estimate of drug-likeness (QED) is 0.897. The highest BCUT2D eigenvalue weighted by molar-refractivity contribution is 5.75. The fraction of sp³-hybridized carbons (Fsp3) is 0.444. The maximum atomic E-state index is 13.5. The third-order valence-electron chi connectivity index (χ3n) is 4.63. The van der Waals surface area contributed by atoms with Crippen molar-refractivity contribution < 1.29 is 14.3 Å². The highest BCUT2D eigenvalue weighted by atomic mass is 19.1. The van der Waals surface area contributed by atoms with Crippen LogP contribution in [0.4, 0.5) is 9.18 Å². The second-order valence-electron chi connectivity index (χ2n) is 6.63. The molecule has 0 radical (unpaired) electrons. The normalized spacial score (nSPS) is 21.4. The number of β-amino-alcohol motifs (C(OH)–C–C–N with tert-alkyl or cyclic N) is 1. The van der Waals surface area contributed by atoms with Gasteiger partial charge in [-0.1, -0.05) is 12.1 Å². The van der Waals surface area contributed by atoms with E-state index in [1.54, 1.807) is 21.7 Å². The lowest BCUT2D eigenvalue weighted by atomic mass is 10.0. The predicted octanol–water partition coefficient (Wildman–Crippen LogP) is 2.45. The number of likely N-dealkylation sites (tertiary alicyclic amines) is 1. The second-order valence-corrected chi connectivity index (χ2v) is 6.63. The lowest BCUT2D eigenvalue weighted by Crippen LogP contribution is -2.41. The number of nitrogens with zero attached hydrogens (tertiary/aromatic N) is 3. The number of hydrogen-bond acceptors (Lipinski definition) is 3. The molecule has 1 aromatic carbocycles. The largest absolute Gasteiger partial charge is 0.391 e. The van der Waals surface area contributed by atoms with E-state index in [4.69, 9.17) is 0 Å². The van der Waals surface area contributed by atoms with Crippen molar-refractivity contribution in [1.82, 2.24) is 20.0 Å². The summed E-state index contributed by atoms with van der Waals surface area (Å²) in [7, 11) is 1.84. The highest BCUT2D eigenvalue weighted by Crippen LogP contribution is 2.32. The monoisotopic (exact) mass is 346 g/mol. The molecule has 0 spiro atoms. The minimum Gasteiger partial charge on any atom is -0.391 e. The van der Waals surface area contributed by atoms with Crippen LogP contribution in [0.3, 0.4) is 0 Å². The van der Waals surface area contributed by atoms with Crippen LogP contribution in [0.15, 0.2) is 30.5 Å². The number of nitrogens with one attached hydrogen (secondary N) is 1. The molecule has 1 fully saturated rings. The van der Waals surface area contributed by atoms with Crippen LogP contribution < -0.4 is 5.32 Å². The SMILES string of the molecule is Cc1nn(C)cc1[C@H](C)NC(=O)N1C[C@H](O)C[C@H]1c1cccc(F)c1. The lowest BCUT2D eigenvalue weighted by molar-refractivity contribution is 0.168. The molecule has 0 aliphatic carbocycles. The fourth-order valence-electron chi connectivity index (χ4n) is 3.46. The third kappa shape index (κ3) is 3.66. The number of urea groups is 1. The molecular formula is C18H23FN4O2. The topological polar surface area (TPSA) is 70.4 Å². The van der Waals surface area contributed by atoms with Crippen molar-refractivity contribution in [2.24, 2.45) is 7.05 Å². The minimum atomic E-state index is -0.616. The summed E-state index contributed by atoms with van der Waals surface area (Å²) in [6.45, 7) is 4.02. The molecule has 0 bridgehead atoms. The number of rotatable bonds is 3. The van der Waals surface area contributed by atoms with E-state index in [-0.39, 0.29) is 30.5 Å². The average molecular weight is 346 g/mol. The van der Waals surface area contributed by atoms with E-state index in [0.29, 0.717) is 12.0 Å². The Kier molecular flexibility index (Phi) is 4.76. The second kappa shape index (κ2) is 6.84. The number of benzene rings is 1. The average Bonchev–Trinajstić information content (AvgIpc) is 3.09. The fourth-order valence-corrected chi connectivity index (χ4v) is 3.46. The van der Waals surface area contributed by atoms with Crippen LogP contribution >= 0.6 is 0 Å². The van der Waals surface area contributed by atoms with Gasteiger partial charge in [0, 0.05) is 25.4 Å². The van der Waals surface area contributed by atoms with Crippen LogP contribution in [0.2, 0.25) is 0 Å². The zero-order chi connectivity index (χ0) is 18.1. The first-order valence-electron chi connectivity index (χ1n) is 8.36. The molecule has 0 saturated carbocycles. The maximum absolute atomic E-state index is 13.5. The van der Waals surface area contributed by atoms with Crippen molar-refractivity contribution in [2.75, 3.05) is 6.54 Å². The molecule has 0 unspecified atom stereocenters. The standard InChI is InChI=1S/C18H23FN4O2/c1-11(16-10-22(3)21-12(16)2)20-18(25)23-9-15(24)8-17(23)13-5-4-6-14(19)7-13/h4-7,10-11,15,17,24H,8-9H2,1-3H3,(H,20,25)/t11-,15+,17-/m0/s1. The lowest BCUT2D eigenvalue weighted by Gasteiger charge is -2.27. The number of carbonyl (C=O) groups excluding carboxylic acids is 1. The first-order valence-corrected chi connectivity index (χ1v) is 8.36. The van der Waals surface area contributed by atoms with Crippen molar-refractivity contribution in [3.8, 4) is 0 Å². The Hall–Kier alpha value is -2.41. The van der Waals surface area contributed by atoms with Gasteiger partial charge < -0.3 is 15.3 Å². The summed E-state index contributed by atoms with van der Waals surface area (Å²) in [5.41, 5.74) is 2.49. The van der Waals surface area contributed by atoms with Crippen LogP contribution in [0.25, 0.3) is 0 Å². The van der Waals surface area contributed by atoms with E-state index in [2.05, 4.69) is 10.4 Å². The van der Waals surface area contributed by atoms with Gasteiger partial charge in [-0.3, -0.25) is 4.68 Å². The van der Waals surface area contributed by atoms with Crippen LogP contribution in [0.1, 0.15) is 42.2 Å². The summed E-state index contributed by atoms with van der Waals surface area (Å²) >= 11 is 0. The Balaban J connectivity index is 1.76. The molecule has 7 heteroatoms. The van der Waals surface area contributed by atoms with Gasteiger partial charge in [0.15, 0.2) is 0 Å². The third-order valence-corrected chi connectivity index (χ3v) is 4.63. The molecule has 1 saturated heterocycles. The maximum Gasteiger partial charge on any atom is 0.318 e. The van der Waals surface area contributed by atoms with E-state index in [1.807, 2.05) is 27.1 Å². The van der Waals surface area contributed by atoms with Gasteiger partial charge in [-0.2, -0.15) is 5.10 Å². The zero-order valence-corrected chi connectivity index (χ0v) is 14.6. The van der Waals surface area contributed by atoms with Crippen LogP contribution in [-0.2, 0) is 7.05 Å². The molecule has 134 valence electrons. The number of aliphatic hydroxyl groups is 1. The summed E-state index contributed by atoms with van der Waals surface area (Å²) < 4.78 is 15.2. The Morgan fingerprint density at radius 1 is 1.48 bits per heavy atom. The summed E-state index contributed by atoms with van der Waals surface area (Å²) in [5.74, 6) is -0.349. The van der Waals surface area contributed by atoms with Gasteiger partial charge in [0.2, 0.25) is 0 Å². The van der Waals surface area contributed by atoms with E-state index in [9.17, 15) is 14.3 Å². The van der Waals surface area contributed by atoms with Crippen molar-refractivity contribution in [3.05, 3.63) is 53.1 Å². The first-order chi connectivity index (χ1) is 11.8. The number of hydrogen-bond donors (Lipinski definition) is 2. The molecule has 1 aliphatic heterocycles. The van der Waals surface area contributed by atoms with Crippen LogP contribution in [-0.4, -0.2) is 38.5 Å². The molecular weight excluding hydrogens is 323 g/mol.